The van der Waals surface area contributed by atoms with Crippen LogP contribution in [0.2, 0.25) is 0 Å². The monoisotopic (exact) mass is 181 g/mol. The van der Waals surface area contributed by atoms with E-state index in [1.54, 1.807) is 0 Å². The van der Waals surface area contributed by atoms with Gasteiger partial charge in [-0.25, -0.2) is 16.8 Å². The van der Waals surface area contributed by atoms with Gasteiger partial charge in [-0.3, -0.25) is 0 Å². The second kappa shape index (κ2) is 2.66. The third-order valence-electron chi connectivity index (χ3n) is 2.69. The van der Waals surface area contributed by atoms with Crippen molar-refractivity contribution in [3.8, 4) is 0 Å². The summed E-state index contributed by atoms with van der Waals surface area (Å²) in [5.74, 6) is 3.60. The Morgan fingerprint density at radius 1 is 1.25 bits per heavy atom. The lowest BCUT2D eigenvalue weighted by Crippen LogP contribution is -2.12. The van der Waals surface area contributed by atoms with E-state index < -0.39 is 6.89 Å². The van der Waals surface area contributed by atoms with E-state index in [1.807, 2.05) is 0 Å². The maximum Gasteiger partial charge on any atom is -0.0249 e. The first-order chi connectivity index (χ1) is 5.26. The predicted octanol–water partition coefficient (Wildman–Crippen LogP) is 3.50. The standard InChI is InChI=1S/C11H18P/c1-9-7-12(6,8-10(9)2)11(3,4)5/h1-6H3/q-1. The summed E-state index contributed by atoms with van der Waals surface area (Å²) < 4.78 is 0. The third kappa shape index (κ3) is 1.47. The fraction of sp³-hybridized carbons (Fsp3) is 0.636. The van der Waals surface area contributed by atoms with Gasteiger partial charge < -0.3 is 0 Å². The van der Waals surface area contributed by atoms with Crippen molar-refractivity contribution in [3.05, 3.63) is 17.0 Å². The summed E-state index contributed by atoms with van der Waals surface area (Å²) in [6, 6.07) is 0. The number of rotatable bonds is 0. The molecule has 1 heterocycles. The van der Waals surface area contributed by atoms with E-state index in [0.29, 0.717) is 5.16 Å². The Morgan fingerprint density at radius 2 is 1.75 bits per heavy atom. The fourth-order valence-electron chi connectivity index (χ4n) is 1.20. The van der Waals surface area contributed by atoms with Gasteiger partial charge in [-0.1, -0.05) is 41.3 Å². The molecule has 12 heavy (non-hydrogen) atoms. The van der Waals surface area contributed by atoms with Crippen LogP contribution >= 0.6 is 6.89 Å². The molecule has 1 aliphatic rings. The molecule has 1 rings (SSSR count). The SMILES string of the molecule is CC1=C=P(C)(C(C)(C)C)[C-]=C1C. The molecule has 0 aliphatic carbocycles. The van der Waals surface area contributed by atoms with Gasteiger partial charge in [0.1, 0.15) is 0 Å². The summed E-state index contributed by atoms with van der Waals surface area (Å²) in [5, 5.41) is 0.325. The molecule has 0 bridgehead atoms. The summed E-state index contributed by atoms with van der Waals surface area (Å²) in [5.41, 5.74) is 6.21. The van der Waals surface area contributed by atoms with Gasteiger partial charge in [0, 0.05) is 0 Å². The first-order valence-corrected chi connectivity index (χ1v) is 6.60. The second-order valence-electron chi connectivity index (χ2n) is 4.65. The highest BCUT2D eigenvalue weighted by Crippen LogP contribution is 2.58. The maximum atomic E-state index is 3.60. The molecule has 0 saturated heterocycles. The van der Waals surface area contributed by atoms with Crippen LogP contribution in [-0.2, 0) is 0 Å². The normalized spacial score (nSPS) is 29.5. The molecule has 1 heteroatoms. The summed E-state index contributed by atoms with van der Waals surface area (Å²) >= 11 is 0. The summed E-state index contributed by atoms with van der Waals surface area (Å²) in [7, 11) is 0. The number of hydrogen-bond donors (Lipinski definition) is 0. The Hall–Kier alpha value is -0.180. The van der Waals surface area contributed by atoms with Gasteiger partial charge in [0.05, 0.1) is 0 Å². The summed E-state index contributed by atoms with van der Waals surface area (Å²) in [6.07, 6.45) is 0. The summed E-state index contributed by atoms with van der Waals surface area (Å²) in [4.78, 5) is 0. The molecule has 0 nitrogen and oxygen atoms in total. The zero-order chi connectivity index (χ0) is 9.57. The highest BCUT2D eigenvalue weighted by molar-refractivity contribution is 7.77. The van der Waals surface area contributed by atoms with Crippen LogP contribution in [0.3, 0.4) is 0 Å². The molecular formula is C11H18P-. The Bertz CT molecular complexity index is 317. The maximum absolute atomic E-state index is 3.60. The minimum absolute atomic E-state index is 0.325. The Balaban J connectivity index is 3.32. The van der Waals surface area contributed by atoms with Gasteiger partial charge in [-0.15, -0.1) is 6.89 Å². The van der Waals surface area contributed by atoms with Gasteiger partial charge in [-0.2, -0.15) is 5.57 Å². The highest BCUT2D eigenvalue weighted by Gasteiger charge is 2.21. The first-order valence-electron chi connectivity index (χ1n) is 4.37. The topological polar surface area (TPSA) is 0 Å². The van der Waals surface area contributed by atoms with Crippen LogP contribution in [0.15, 0.2) is 11.1 Å². The van der Waals surface area contributed by atoms with Crippen LogP contribution in [-0.4, -0.2) is 17.3 Å². The molecule has 0 fully saturated rings. The van der Waals surface area contributed by atoms with Crippen molar-refractivity contribution >= 4 is 12.3 Å². The Morgan fingerprint density at radius 3 is 1.92 bits per heavy atom. The predicted molar refractivity (Wildman–Crippen MR) is 59.2 cm³/mol. The molecule has 1 unspecified atom stereocenters. The molecule has 1 atom stereocenters. The molecule has 0 radical (unpaired) electrons. The minimum atomic E-state index is -1.19. The van der Waals surface area contributed by atoms with Crippen molar-refractivity contribution in [2.75, 3.05) is 6.66 Å². The van der Waals surface area contributed by atoms with Gasteiger partial charge >= 0.3 is 0 Å². The molecular weight excluding hydrogens is 163 g/mol. The van der Waals surface area contributed by atoms with Crippen LogP contribution in [0, 0.1) is 5.82 Å². The van der Waals surface area contributed by atoms with Gasteiger partial charge in [0.2, 0.25) is 0 Å². The minimum Gasteiger partial charge on any atom is -0.235 e. The van der Waals surface area contributed by atoms with E-state index in [0.717, 1.165) is 0 Å². The van der Waals surface area contributed by atoms with Crippen molar-refractivity contribution < 1.29 is 0 Å². The van der Waals surface area contributed by atoms with Gasteiger partial charge in [-0.05, 0) is 5.16 Å². The smallest absolute Gasteiger partial charge is 0.0249 e. The number of hydrogen-bond acceptors (Lipinski definition) is 0. The van der Waals surface area contributed by atoms with Crippen molar-refractivity contribution in [1.29, 1.82) is 0 Å². The fourth-order valence-corrected chi connectivity index (χ4v) is 3.61. The lowest BCUT2D eigenvalue weighted by molar-refractivity contribution is 0.787. The molecule has 0 N–H and O–H groups in total. The van der Waals surface area contributed by atoms with Crippen LogP contribution in [0.25, 0.3) is 0 Å². The first kappa shape index (κ1) is 9.90. The van der Waals surface area contributed by atoms with Crippen molar-refractivity contribution in [3.63, 3.8) is 0 Å². The van der Waals surface area contributed by atoms with Crippen molar-refractivity contribution in [2.45, 2.75) is 39.8 Å². The summed E-state index contributed by atoms with van der Waals surface area (Å²) in [6.45, 7) is 12.3. The van der Waals surface area contributed by atoms with E-state index in [9.17, 15) is 0 Å². The second-order valence-corrected chi connectivity index (χ2v) is 8.45. The van der Waals surface area contributed by atoms with E-state index in [-0.39, 0.29) is 0 Å². The van der Waals surface area contributed by atoms with Crippen molar-refractivity contribution in [1.82, 2.24) is 0 Å². The molecule has 0 saturated carbocycles. The largest absolute Gasteiger partial charge is 0.235 e. The third-order valence-corrected chi connectivity index (χ3v) is 6.94. The zero-order valence-corrected chi connectivity index (χ0v) is 9.84. The molecule has 0 aromatic rings. The average molecular weight is 181 g/mol. The molecule has 0 amide bonds. The van der Waals surface area contributed by atoms with Gasteiger partial charge in [0.15, 0.2) is 0 Å². The van der Waals surface area contributed by atoms with Crippen LogP contribution in [0.4, 0.5) is 0 Å². The Kier molecular flexibility index (Phi) is 2.19. The quantitative estimate of drug-likeness (QED) is 0.396. The molecule has 1 aliphatic heterocycles. The van der Waals surface area contributed by atoms with E-state index in [4.69, 9.17) is 0 Å². The molecule has 68 valence electrons. The van der Waals surface area contributed by atoms with E-state index in [2.05, 4.69) is 52.6 Å². The molecule has 0 spiro atoms. The lowest BCUT2D eigenvalue weighted by atomic mass is 10.2. The van der Waals surface area contributed by atoms with Crippen LogP contribution < -0.4 is 0 Å². The molecule has 0 aromatic carbocycles. The average Bonchev–Trinajstić information content (AvgIpc) is 2.06. The van der Waals surface area contributed by atoms with Crippen LogP contribution in [0.1, 0.15) is 34.6 Å². The number of allylic oxidation sites excluding steroid dienone is 2. The van der Waals surface area contributed by atoms with E-state index in [1.165, 1.54) is 11.1 Å². The Labute approximate surface area is 76.3 Å². The zero-order valence-electron chi connectivity index (χ0n) is 8.95. The lowest BCUT2D eigenvalue weighted by Gasteiger charge is -2.35. The van der Waals surface area contributed by atoms with E-state index >= 15 is 0 Å². The van der Waals surface area contributed by atoms with Crippen LogP contribution in [0.5, 0.6) is 0 Å². The van der Waals surface area contributed by atoms with Crippen molar-refractivity contribution in [2.24, 2.45) is 0 Å². The van der Waals surface area contributed by atoms with Gasteiger partial charge in [0.25, 0.3) is 0 Å². The molecule has 0 aromatic heterocycles. The highest BCUT2D eigenvalue weighted by atomic mass is 31.2.